The van der Waals surface area contributed by atoms with Crippen LogP contribution in [0.5, 0.6) is 5.75 Å². The Labute approximate surface area is 185 Å². The van der Waals surface area contributed by atoms with Crippen molar-refractivity contribution in [3.05, 3.63) is 59.9 Å². The molecule has 3 aromatic rings. The molecule has 1 amide bonds. The number of hydrogen-bond acceptors (Lipinski definition) is 3. The van der Waals surface area contributed by atoms with Crippen molar-refractivity contribution in [3.63, 3.8) is 0 Å². The van der Waals surface area contributed by atoms with Gasteiger partial charge in [0.05, 0.1) is 18.1 Å². The van der Waals surface area contributed by atoms with E-state index < -0.39 is 4.33 Å². The number of carbonyl (C=O) groups excluding carboxylic acids is 1. The number of aromatic nitrogens is 2. The molecule has 156 valence electrons. The molecule has 5 rings (SSSR count). The third-order valence-electron chi connectivity index (χ3n) is 6.15. The summed E-state index contributed by atoms with van der Waals surface area (Å²) in [5, 5.41) is 0. The van der Waals surface area contributed by atoms with Gasteiger partial charge in [0, 0.05) is 37.9 Å². The number of halogens is 2. The molecule has 1 saturated carbocycles. The number of imidazole rings is 1. The summed E-state index contributed by atoms with van der Waals surface area (Å²) in [5.41, 5.74) is 3.11. The standard InChI is InChI=1S/C23H23Cl2N3O2/c1-30-18-8-6-15(7-9-18)12-27-13-16(10-21(27)29)22-26-19-4-2-3-5-20(19)28(22)14-17-11-23(17,24)25/h2-9,16-17H,10-14H2,1H3/t16-,17-/m1/s1. The van der Waals surface area contributed by atoms with Crippen molar-refractivity contribution >= 4 is 40.1 Å². The van der Waals surface area contributed by atoms with E-state index in [1.807, 2.05) is 47.4 Å². The van der Waals surface area contributed by atoms with Crippen LogP contribution in [-0.4, -0.2) is 38.3 Å². The van der Waals surface area contributed by atoms with Crippen LogP contribution < -0.4 is 4.74 Å². The Kier molecular flexibility index (Phi) is 4.91. The van der Waals surface area contributed by atoms with Gasteiger partial charge in [-0.05, 0) is 36.2 Å². The first-order valence-electron chi connectivity index (χ1n) is 10.2. The molecule has 1 aliphatic carbocycles. The van der Waals surface area contributed by atoms with Crippen LogP contribution in [0.2, 0.25) is 0 Å². The Balaban J connectivity index is 1.39. The van der Waals surface area contributed by atoms with E-state index in [0.29, 0.717) is 19.5 Å². The second-order valence-corrected chi connectivity index (χ2v) is 9.80. The number of ether oxygens (including phenoxy) is 1. The topological polar surface area (TPSA) is 47.4 Å². The van der Waals surface area contributed by atoms with Crippen molar-refractivity contribution in [1.82, 2.24) is 14.5 Å². The van der Waals surface area contributed by atoms with Crippen molar-refractivity contribution in [2.24, 2.45) is 5.92 Å². The fraction of sp³-hybridized carbons (Fsp3) is 0.391. The van der Waals surface area contributed by atoms with E-state index in [0.717, 1.165) is 41.1 Å². The summed E-state index contributed by atoms with van der Waals surface area (Å²) in [7, 11) is 1.65. The second-order valence-electron chi connectivity index (χ2n) is 8.25. The van der Waals surface area contributed by atoms with Crippen molar-refractivity contribution < 1.29 is 9.53 Å². The number of rotatable bonds is 6. The maximum Gasteiger partial charge on any atom is 0.223 e. The minimum absolute atomic E-state index is 0.0574. The predicted octanol–water partition coefficient (Wildman–Crippen LogP) is 4.75. The maximum atomic E-state index is 12.8. The third-order valence-corrected chi connectivity index (χ3v) is 7.08. The van der Waals surface area contributed by atoms with Gasteiger partial charge >= 0.3 is 0 Å². The molecule has 0 radical (unpaired) electrons. The number of alkyl halides is 2. The van der Waals surface area contributed by atoms with Gasteiger partial charge in [-0.2, -0.15) is 0 Å². The summed E-state index contributed by atoms with van der Waals surface area (Å²) in [5.74, 6) is 2.20. The predicted molar refractivity (Wildman–Crippen MR) is 118 cm³/mol. The highest BCUT2D eigenvalue weighted by atomic mass is 35.5. The number of fused-ring (bicyclic) bond motifs is 1. The van der Waals surface area contributed by atoms with E-state index in [4.69, 9.17) is 32.9 Å². The number of amides is 1. The quantitative estimate of drug-likeness (QED) is 0.516. The zero-order valence-corrected chi connectivity index (χ0v) is 18.2. The van der Waals surface area contributed by atoms with Crippen LogP contribution in [0, 0.1) is 5.92 Å². The van der Waals surface area contributed by atoms with Crippen molar-refractivity contribution in [2.45, 2.75) is 36.2 Å². The highest BCUT2D eigenvalue weighted by Gasteiger charge is 2.52. The molecule has 2 aliphatic rings. The van der Waals surface area contributed by atoms with Crippen LogP contribution >= 0.6 is 23.2 Å². The van der Waals surface area contributed by atoms with Crippen molar-refractivity contribution in [3.8, 4) is 5.75 Å². The van der Waals surface area contributed by atoms with Gasteiger partial charge in [-0.3, -0.25) is 4.79 Å². The van der Waals surface area contributed by atoms with Gasteiger partial charge < -0.3 is 14.2 Å². The Hall–Kier alpha value is -2.24. The summed E-state index contributed by atoms with van der Waals surface area (Å²) < 4.78 is 6.80. The molecule has 0 N–H and O–H groups in total. The number of hydrogen-bond donors (Lipinski definition) is 0. The molecule has 0 spiro atoms. The molecule has 1 aliphatic heterocycles. The molecule has 2 aromatic carbocycles. The molecule has 2 fully saturated rings. The van der Waals surface area contributed by atoms with Crippen LogP contribution in [0.15, 0.2) is 48.5 Å². The lowest BCUT2D eigenvalue weighted by atomic mass is 10.1. The van der Waals surface area contributed by atoms with Gasteiger partial charge in [0.15, 0.2) is 0 Å². The van der Waals surface area contributed by atoms with Crippen LogP contribution in [0.4, 0.5) is 0 Å². The third kappa shape index (κ3) is 3.65. The first-order valence-corrected chi connectivity index (χ1v) is 10.9. The lowest BCUT2D eigenvalue weighted by molar-refractivity contribution is -0.128. The highest BCUT2D eigenvalue weighted by Crippen LogP contribution is 2.54. The minimum Gasteiger partial charge on any atom is -0.497 e. The molecule has 1 aromatic heterocycles. The smallest absolute Gasteiger partial charge is 0.223 e. The zero-order chi connectivity index (χ0) is 20.9. The fourth-order valence-corrected chi connectivity index (χ4v) is 4.85. The molecule has 0 bridgehead atoms. The van der Waals surface area contributed by atoms with Crippen LogP contribution in [0.1, 0.15) is 30.1 Å². The maximum absolute atomic E-state index is 12.8. The van der Waals surface area contributed by atoms with E-state index in [-0.39, 0.29) is 17.7 Å². The zero-order valence-electron chi connectivity index (χ0n) is 16.7. The number of likely N-dealkylation sites (tertiary alicyclic amines) is 1. The van der Waals surface area contributed by atoms with Gasteiger partial charge in [-0.25, -0.2) is 4.98 Å². The van der Waals surface area contributed by atoms with Crippen LogP contribution in [0.3, 0.4) is 0 Å². The molecule has 0 unspecified atom stereocenters. The average Bonchev–Trinajstić information content (AvgIpc) is 3.03. The van der Waals surface area contributed by atoms with Gasteiger partial charge in [0.1, 0.15) is 15.9 Å². The molecule has 7 heteroatoms. The Morgan fingerprint density at radius 1 is 1.17 bits per heavy atom. The van der Waals surface area contributed by atoms with Gasteiger partial charge in [0.2, 0.25) is 5.91 Å². The van der Waals surface area contributed by atoms with Crippen molar-refractivity contribution in [1.29, 1.82) is 0 Å². The lowest BCUT2D eigenvalue weighted by Crippen LogP contribution is -2.24. The van der Waals surface area contributed by atoms with E-state index in [1.165, 1.54) is 0 Å². The van der Waals surface area contributed by atoms with E-state index in [2.05, 4.69) is 10.6 Å². The average molecular weight is 444 g/mol. The number of benzene rings is 2. The van der Waals surface area contributed by atoms with Crippen LogP contribution in [0.25, 0.3) is 11.0 Å². The van der Waals surface area contributed by atoms with Gasteiger partial charge in [0.25, 0.3) is 0 Å². The normalized spacial score (nSPS) is 22.6. The first-order chi connectivity index (χ1) is 14.4. The molecular formula is C23H23Cl2N3O2. The number of methoxy groups -OCH3 is 1. The summed E-state index contributed by atoms with van der Waals surface area (Å²) in [6, 6.07) is 15.9. The molecule has 5 nitrogen and oxygen atoms in total. The molecule has 30 heavy (non-hydrogen) atoms. The van der Waals surface area contributed by atoms with Crippen molar-refractivity contribution in [2.75, 3.05) is 13.7 Å². The highest BCUT2D eigenvalue weighted by molar-refractivity contribution is 6.50. The second kappa shape index (κ2) is 7.47. The van der Waals surface area contributed by atoms with Gasteiger partial charge in [-0.15, -0.1) is 23.2 Å². The largest absolute Gasteiger partial charge is 0.497 e. The molecular weight excluding hydrogens is 421 g/mol. The Morgan fingerprint density at radius 3 is 2.60 bits per heavy atom. The summed E-state index contributed by atoms with van der Waals surface area (Å²) in [6.07, 6.45) is 1.26. The first kappa shape index (κ1) is 19.7. The number of carbonyl (C=O) groups is 1. The van der Waals surface area contributed by atoms with E-state index in [1.54, 1.807) is 7.11 Å². The summed E-state index contributed by atoms with van der Waals surface area (Å²) in [6.45, 7) is 1.98. The fourth-order valence-electron chi connectivity index (χ4n) is 4.34. The Morgan fingerprint density at radius 2 is 1.90 bits per heavy atom. The number of nitrogens with zero attached hydrogens (tertiary/aromatic N) is 3. The van der Waals surface area contributed by atoms with Crippen LogP contribution in [-0.2, 0) is 17.9 Å². The minimum atomic E-state index is -0.644. The molecule has 2 atom stereocenters. The molecule has 2 heterocycles. The lowest BCUT2D eigenvalue weighted by Gasteiger charge is -2.18. The Bertz CT molecular complexity index is 1090. The summed E-state index contributed by atoms with van der Waals surface area (Å²) in [4.78, 5) is 19.6. The van der Waals surface area contributed by atoms with E-state index >= 15 is 0 Å². The number of para-hydroxylation sites is 2. The summed E-state index contributed by atoms with van der Waals surface area (Å²) >= 11 is 12.6. The van der Waals surface area contributed by atoms with E-state index in [9.17, 15) is 4.79 Å². The monoisotopic (exact) mass is 443 g/mol. The SMILES string of the molecule is COc1ccc(CN2C[C@H](c3nc4ccccc4n3C[C@H]3CC3(Cl)Cl)CC2=O)cc1. The molecule has 1 saturated heterocycles. The van der Waals surface area contributed by atoms with Gasteiger partial charge in [-0.1, -0.05) is 24.3 Å².